The first-order valence-corrected chi connectivity index (χ1v) is 34.1. The van der Waals surface area contributed by atoms with Gasteiger partial charge in [-0.25, -0.2) is 0 Å². The minimum absolute atomic E-state index is 0.0898. The summed E-state index contributed by atoms with van der Waals surface area (Å²) in [4.78, 5) is 38.3. The van der Waals surface area contributed by atoms with Crippen LogP contribution >= 0.6 is 0 Å². The highest BCUT2D eigenvalue weighted by Crippen LogP contribution is 2.19. The topological polar surface area (TPSA) is 78.9 Å². The lowest BCUT2D eigenvalue weighted by atomic mass is 10.0. The second-order valence-corrected chi connectivity index (χ2v) is 23.1. The van der Waals surface area contributed by atoms with Gasteiger partial charge in [0.15, 0.2) is 6.10 Å². The first-order chi connectivity index (χ1) is 38.0. The number of carbonyl (C=O) groups excluding carboxylic acids is 3. The molecular formula is C71H130O6. The summed E-state index contributed by atoms with van der Waals surface area (Å²) in [5, 5.41) is 0. The Morgan fingerprint density at radius 2 is 0.506 bits per heavy atom. The Morgan fingerprint density at radius 1 is 0.273 bits per heavy atom. The van der Waals surface area contributed by atoms with Gasteiger partial charge in [0.25, 0.3) is 0 Å². The van der Waals surface area contributed by atoms with Crippen molar-refractivity contribution in [3.63, 3.8) is 0 Å². The van der Waals surface area contributed by atoms with E-state index in [2.05, 4.69) is 63.3 Å². The van der Waals surface area contributed by atoms with Crippen molar-refractivity contribution >= 4 is 17.9 Å². The molecule has 1 atom stereocenters. The Labute approximate surface area is 479 Å². The third-order valence-electron chi connectivity index (χ3n) is 15.4. The number of unbranched alkanes of at least 4 members (excludes halogenated alkanes) is 44. The molecule has 0 spiro atoms. The van der Waals surface area contributed by atoms with Crippen molar-refractivity contribution in [2.45, 2.75) is 374 Å². The molecular weight excluding hydrogens is 949 g/mol. The van der Waals surface area contributed by atoms with E-state index in [0.717, 1.165) is 64.2 Å². The quantitative estimate of drug-likeness (QED) is 0.0261. The maximum absolute atomic E-state index is 12.9. The van der Waals surface area contributed by atoms with Gasteiger partial charge in [-0.3, -0.25) is 14.4 Å². The van der Waals surface area contributed by atoms with Crippen molar-refractivity contribution in [1.29, 1.82) is 0 Å². The zero-order valence-electron chi connectivity index (χ0n) is 51.7. The van der Waals surface area contributed by atoms with Crippen molar-refractivity contribution in [1.82, 2.24) is 0 Å². The summed E-state index contributed by atoms with van der Waals surface area (Å²) in [6.45, 7) is 6.53. The van der Waals surface area contributed by atoms with Crippen LogP contribution in [0, 0.1) is 0 Å². The number of carbonyl (C=O) groups is 3. The molecule has 0 heterocycles. The molecule has 6 heteroatoms. The van der Waals surface area contributed by atoms with E-state index in [1.807, 2.05) is 6.08 Å². The van der Waals surface area contributed by atoms with Gasteiger partial charge in [-0.1, -0.05) is 352 Å². The van der Waals surface area contributed by atoms with Crippen molar-refractivity contribution in [3.05, 3.63) is 48.6 Å². The number of rotatable bonds is 63. The van der Waals surface area contributed by atoms with Gasteiger partial charge in [0, 0.05) is 19.3 Å². The summed E-state index contributed by atoms with van der Waals surface area (Å²) >= 11 is 0. The molecule has 0 bridgehead atoms. The smallest absolute Gasteiger partial charge is 0.306 e. The molecule has 0 amide bonds. The van der Waals surface area contributed by atoms with Crippen molar-refractivity contribution < 1.29 is 28.6 Å². The van der Waals surface area contributed by atoms with Crippen LogP contribution in [0.3, 0.4) is 0 Å². The van der Waals surface area contributed by atoms with Crippen LogP contribution in [-0.4, -0.2) is 37.2 Å². The molecule has 0 N–H and O–H groups in total. The van der Waals surface area contributed by atoms with Crippen molar-refractivity contribution in [2.75, 3.05) is 13.2 Å². The minimum atomic E-state index is -0.799. The molecule has 0 aliphatic carbocycles. The first-order valence-electron chi connectivity index (χ1n) is 34.1. The zero-order chi connectivity index (χ0) is 55.7. The standard InChI is InChI=1S/C71H130O6/c1-4-7-10-13-16-19-22-25-27-29-31-33-34-35-36-37-38-40-41-43-46-49-52-55-58-61-64-70(73)76-67-68(66-75-69(72)63-60-57-54-51-48-45-24-21-18-15-12-9-6-3)77-71(74)65-62-59-56-53-50-47-44-42-39-32-30-28-26-23-20-17-14-11-8-5-2/h9,12,18,21,45,48,54,57,68H,4-8,10-11,13-17,19-20,22-44,46-47,49-53,55-56,58-67H2,1-3H3/b12-9-,21-18-,48-45-,57-54-. The van der Waals surface area contributed by atoms with E-state index in [0.29, 0.717) is 19.3 Å². The zero-order valence-corrected chi connectivity index (χ0v) is 51.7. The SMILES string of the molecule is CC/C=C\C/C=C\C/C=C\C/C=C\CCC(=O)OCC(COC(=O)CCCCCCCCCCCCCCCCCCCCCCCCCCCC)OC(=O)CCCCCCCCCCCCCCCCCCCCCC. The summed E-state index contributed by atoms with van der Waals surface area (Å²) in [5.41, 5.74) is 0. The molecule has 0 aromatic rings. The van der Waals surface area contributed by atoms with Crippen LogP contribution in [0.4, 0.5) is 0 Å². The Hall–Kier alpha value is -2.63. The average Bonchev–Trinajstić information content (AvgIpc) is 3.43. The normalized spacial score (nSPS) is 12.3. The predicted molar refractivity (Wildman–Crippen MR) is 335 cm³/mol. The highest BCUT2D eigenvalue weighted by atomic mass is 16.6. The summed E-state index contributed by atoms with van der Waals surface area (Å²) < 4.78 is 16.9. The Balaban J connectivity index is 4.24. The van der Waals surface area contributed by atoms with Gasteiger partial charge in [-0.15, -0.1) is 0 Å². The maximum atomic E-state index is 12.9. The van der Waals surface area contributed by atoms with Gasteiger partial charge in [0.05, 0.1) is 0 Å². The van der Waals surface area contributed by atoms with E-state index in [1.165, 1.54) is 257 Å². The monoisotopic (exact) mass is 1080 g/mol. The van der Waals surface area contributed by atoms with Crippen LogP contribution in [0.25, 0.3) is 0 Å². The van der Waals surface area contributed by atoms with Gasteiger partial charge >= 0.3 is 17.9 Å². The lowest BCUT2D eigenvalue weighted by Crippen LogP contribution is -2.30. The molecule has 0 aromatic heterocycles. The van der Waals surface area contributed by atoms with Gasteiger partial charge in [-0.05, 0) is 44.9 Å². The van der Waals surface area contributed by atoms with Crippen LogP contribution in [0.2, 0.25) is 0 Å². The number of esters is 3. The van der Waals surface area contributed by atoms with E-state index in [9.17, 15) is 14.4 Å². The van der Waals surface area contributed by atoms with Gasteiger partial charge < -0.3 is 14.2 Å². The van der Waals surface area contributed by atoms with E-state index >= 15 is 0 Å². The van der Waals surface area contributed by atoms with Crippen LogP contribution < -0.4 is 0 Å². The number of allylic oxidation sites excluding steroid dienone is 8. The van der Waals surface area contributed by atoms with Gasteiger partial charge in [0.1, 0.15) is 13.2 Å². The number of hydrogen-bond acceptors (Lipinski definition) is 6. The molecule has 0 saturated carbocycles. The van der Waals surface area contributed by atoms with E-state index < -0.39 is 6.10 Å². The molecule has 77 heavy (non-hydrogen) atoms. The third kappa shape index (κ3) is 64.1. The molecule has 0 rings (SSSR count). The summed E-state index contributed by atoms with van der Waals surface area (Å²) in [6, 6.07) is 0. The first kappa shape index (κ1) is 74.4. The molecule has 450 valence electrons. The molecule has 0 aliphatic heterocycles. The van der Waals surface area contributed by atoms with Crippen LogP contribution in [0.15, 0.2) is 48.6 Å². The highest BCUT2D eigenvalue weighted by molar-refractivity contribution is 5.71. The van der Waals surface area contributed by atoms with E-state index in [1.54, 1.807) is 0 Å². The fourth-order valence-corrected chi connectivity index (χ4v) is 10.3. The van der Waals surface area contributed by atoms with Gasteiger partial charge in [-0.2, -0.15) is 0 Å². The Bertz CT molecular complexity index is 1330. The van der Waals surface area contributed by atoms with E-state index in [4.69, 9.17) is 14.2 Å². The molecule has 0 saturated heterocycles. The highest BCUT2D eigenvalue weighted by Gasteiger charge is 2.19. The summed E-state index contributed by atoms with van der Waals surface area (Å²) in [7, 11) is 0. The van der Waals surface area contributed by atoms with Gasteiger partial charge in [0.2, 0.25) is 0 Å². The Morgan fingerprint density at radius 3 is 0.792 bits per heavy atom. The summed E-state index contributed by atoms with van der Waals surface area (Å²) in [5.74, 6) is -0.950. The fourth-order valence-electron chi connectivity index (χ4n) is 10.3. The fraction of sp³-hybridized carbons (Fsp3) is 0.845. The third-order valence-corrected chi connectivity index (χ3v) is 15.4. The second kappa shape index (κ2) is 65.9. The average molecular weight is 1080 g/mol. The summed E-state index contributed by atoms with van der Waals surface area (Å²) in [6.07, 6.45) is 83.1. The second-order valence-electron chi connectivity index (χ2n) is 23.1. The molecule has 0 radical (unpaired) electrons. The maximum Gasteiger partial charge on any atom is 0.306 e. The lowest BCUT2D eigenvalue weighted by molar-refractivity contribution is -0.166. The minimum Gasteiger partial charge on any atom is -0.462 e. The molecule has 1 unspecified atom stereocenters. The molecule has 0 fully saturated rings. The number of ether oxygens (including phenoxy) is 3. The largest absolute Gasteiger partial charge is 0.462 e. The van der Waals surface area contributed by atoms with E-state index in [-0.39, 0.29) is 37.5 Å². The number of hydrogen-bond donors (Lipinski definition) is 0. The predicted octanol–water partition coefficient (Wildman–Crippen LogP) is 23.3. The van der Waals surface area contributed by atoms with Crippen molar-refractivity contribution in [2.24, 2.45) is 0 Å². The lowest BCUT2D eigenvalue weighted by Gasteiger charge is -2.18. The molecule has 0 aliphatic rings. The molecule has 0 aromatic carbocycles. The van der Waals surface area contributed by atoms with Crippen LogP contribution in [0.5, 0.6) is 0 Å². The van der Waals surface area contributed by atoms with Crippen LogP contribution in [0.1, 0.15) is 367 Å². The Kier molecular flexibility index (Phi) is 63.6. The van der Waals surface area contributed by atoms with Crippen molar-refractivity contribution in [3.8, 4) is 0 Å². The van der Waals surface area contributed by atoms with Crippen LogP contribution in [-0.2, 0) is 28.6 Å². The molecule has 6 nitrogen and oxygen atoms in total.